The zero-order valence-electron chi connectivity index (χ0n) is 11.7. The van der Waals surface area contributed by atoms with Crippen molar-refractivity contribution in [1.82, 2.24) is 0 Å². The van der Waals surface area contributed by atoms with Crippen LogP contribution in [-0.2, 0) is 12.8 Å². The van der Waals surface area contributed by atoms with Crippen molar-refractivity contribution < 1.29 is 0 Å². The summed E-state index contributed by atoms with van der Waals surface area (Å²) in [6.45, 7) is 5.60. The molecule has 1 heteroatoms. The molecule has 19 heavy (non-hydrogen) atoms. The molecule has 0 saturated heterocycles. The van der Waals surface area contributed by atoms with Gasteiger partial charge in [0.05, 0.1) is 0 Å². The van der Waals surface area contributed by atoms with E-state index in [0.29, 0.717) is 0 Å². The van der Waals surface area contributed by atoms with Crippen molar-refractivity contribution in [2.24, 2.45) is 5.92 Å². The largest absolute Gasteiger partial charge is 0.384 e. The molecule has 0 fully saturated rings. The highest BCUT2D eigenvalue weighted by atomic mass is 14.9. The highest BCUT2D eigenvalue weighted by Gasteiger charge is 2.14. The van der Waals surface area contributed by atoms with Gasteiger partial charge in [-0.2, -0.15) is 0 Å². The van der Waals surface area contributed by atoms with E-state index >= 15 is 0 Å². The Morgan fingerprint density at radius 2 is 1.84 bits per heavy atom. The predicted molar refractivity (Wildman–Crippen MR) is 82.6 cm³/mol. The molecule has 0 saturated carbocycles. The zero-order chi connectivity index (χ0) is 13.2. The van der Waals surface area contributed by atoms with Gasteiger partial charge < -0.3 is 5.32 Å². The summed E-state index contributed by atoms with van der Waals surface area (Å²) < 4.78 is 0. The number of anilines is 1. The van der Waals surface area contributed by atoms with Gasteiger partial charge in [-0.05, 0) is 47.1 Å². The maximum Gasteiger partial charge on any atom is 0.0379 e. The average molecular weight is 251 g/mol. The van der Waals surface area contributed by atoms with E-state index in [2.05, 4.69) is 61.6 Å². The Morgan fingerprint density at radius 1 is 1.05 bits per heavy atom. The average Bonchev–Trinajstić information content (AvgIpc) is 2.87. The smallest absolute Gasteiger partial charge is 0.0379 e. The van der Waals surface area contributed by atoms with E-state index in [1.54, 1.807) is 0 Å². The van der Waals surface area contributed by atoms with Crippen LogP contribution in [0, 0.1) is 5.92 Å². The maximum atomic E-state index is 3.45. The van der Waals surface area contributed by atoms with Crippen LogP contribution in [0.5, 0.6) is 0 Å². The summed E-state index contributed by atoms with van der Waals surface area (Å²) in [5.41, 5.74) is 6.94. The molecule has 0 aromatic heterocycles. The van der Waals surface area contributed by atoms with Crippen LogP contribution in [0.2, 0.25) is 0 Å². The minimum atomic E-state index is 0.719. The topological polar surface area (TPSA) is 12.0 Å². The normalized spacial score (nSPS) is 13.4. The highest BCUT2D eigenvalue weighted by Crippen LogP contribution is 2.32. The van der Waals surface area contributed by atoms with Gasteiger partial charge in [0, 0.05) is 12.2 Å². The molecule has 0 atom stereocenters. The Balaban J connectivity index is 1.93. The molecule has 2 aromatic carbocycles. The SMILES string of the molecule is CC(C)Cc1ccc(-c2cccc3c2CCN3)cc1. The Hall–Kier alpha value is -1.76. The second-order valence-corrected chi connectivity index (χ2v) is 5.80. The van der Waals surface area contributed by atoms with Crippen LogP contribution in [-0.4, -0.2) is 6.54 Å². The minimum absolute atomic E-state index is 0.719. The van der Waals surface area contributed by atoms with Gasteiger partial charge >= 0.3 is 0 Å². The molecule has 98 valence electrons. The van der Waals surface area contributed by atoms with E-state index in [9.17, 15) is 0 Å². The van der Waals surface area contributed by atoms with Gasteiger partial charge in [0.2, 0.25) is 0 Å². The third-order valence-electron chi connectivity index (χ3n) is 3.78. The van der Waals surface area contributed by atoms with E-state index in [4.69, 9.17) is 0 Å². The van der Waals surface area contributed by atoms with Gasteiger partial charge in [0.25, 0.3) is 0 Å². The Kier molecular flexibility index (Phi) is 3.29. The van der Waals surface area contributed by atoms with Crippen molar-refractivity contribution in [3.8, 4) is 11.1 Å². The molecule has 1 N–H and O–H groups in total. The third kappa shape index (κ3) is 2.51. The van der Waals surface area contributed by atoms with Crippen LogP contribution in [0.1, 0.15) is 25.0 Å². The van der Waals surface area contributed by atoms with E-state index in [-0.39, 0.29) is 0 Å². The number of rotatable bonds is 3. The monoisotopic (exact) mass is 251 g/mol. The van der Waals surface area contributed by atoms with Gasteiger partial charge in [-0.1, -0.05) is 50.2 Å². The molecule has 0 spiro atoms. The van der Waals surface area contributed by atoms with Crippen molar-refractivity contribution in [2.75, 3.05) is 11.9 Å². The summed E-state index contributed by atoms with van der Waals surface area (Å²) in [5, 5.41) is 3.45. The van der Waals surface area contributed by atoms with Crippen molar-refractivity contribution in [3.05, 3.63) is 53.6 Å². The first-order chi connectivity index (χ1) is 9.24. The van der Waals surface area contributed by atoms with E-state index < -0.39 is 0 Å². The van der Waals surface area contributed by atoms with Crippen LogP contribution >= 0.6 is 0 Å². The zero-order valence-corrected chi connectivity index (χ0v) is 11.7. The van der Waals surface area contributed by atoms with Crippen molar-refractivity contribution in [3.63, 3.8) is 0 Å². The van der Waals surface area contributed by atoms with E-state index in [0.717, 1.165) is 25.3 Å². The summed E-state index contributed by atoms with van der Waals surface area (Å²) in [7, 11) is 0. The van der Waals surface area contributed by atoms with Gasteiger partial charge in [0.15, 0.2) is 0 Å². The van der Waals surface area contributed by atoms with Crippen LogP contribution in [0.3, 0.4) is 0 Å². The van der Waals surface area contributed by atoms with Crippen molar-refractivity contribution in [1.29, 1.82) is 0 Å². The lowest BCUT2D eigenvalue weighted by Crippen LogP contribution is -1.94. The fraction of sp³-hybridized carbons (Fsp3) is 0.333. The Labute approximate surface area is 115 Å². The second-order valence-electron chi connectivity index (χ2n) is 5.80. The quantitative estimate of drug-likeness (QED) is 0.845. The lowest BCUT2D eigenvalue weighted by molar-refractivity contribution is 0.647. The summed E-state index contributed by atoms with van der Waals surface area (Å²) in [5.74, 6) is 0.719. The summed E-state index contributed by atoms with van der Waals surface area (Å²) in [4.78, 5) is 0. The fourth-order valence-corrected chi connectivity index (χ4v) is 2.91. The molecule has 1 heterocycles. The molecular weight excluding hydrogens is 230 g/mol. The third-order valence-corrected chi connectivity index (χ3v) is 3.78. The maximum absolute atomic E-state index is 3.45. The number of hydrogen-bond donors (Lipinski definition) is 1. The first kappa shape index (κ1) is 12.3. The number of benzene rings is 2. The summed E-state index contributed by atoms with van der Waals surface area (Å²) in [6.07, 6.45) is 2.30. The summed E-state index contributed by atoms with van der Waals surface area (Å²) in [6, 6.07) is 15.7. The van der Waals surface area contributed by atoms with Crippen molar-refractivity contribution in [2.45, 2.75) is 26.7 Å². The molecule has 0 unspecified atom stereocenters. The number of fused-ring (bicyclic) bond motifs is 1. The molecule has 3 rings (SSSR count). The molecule has 1 nitrogen and oxygen atoms in total. The Morgan fingerprint density at radius 3 is 2.58 bits per heavy atom. The first-order valence-corrected chi connectivity index (χ1v) is 7.19. The Bertz CT molecular complexity index is 567. The molecule has 2 aromatic rings. The first-order valence-electron chi connectivity index (χ1n) is 7.19. The van der Waals surface area contributed by atoms with Crippen LogP contribution < -0.4 is 5.32 Å². The molecule has 0 bridgehead atoms. The molecule has 0 amide bonds. The molecular formula is C18H21N. The summed E-state index contributed by atoms with van der Waals surface area (Å²) >= 11 is 0. The lowest BCUT2D eigenvalue weighted by atomic mass is 9.95. The highest BCUT2D eigenvalue weighted by molar-refractivity contribution is 5.75. The lowest BCUT2D eigenvalue weighted by Gasteiger charge is -2.10. The fourth-order valence-electron chi connectivity index (χ4n) is 2.91. The van der Waals surface area contributed by atoms with Gasteiger partial charge in [-0.3, -0.25) is 0 Å². The number of hydrogen-bond acceptors (Lipinski definition) is 1. The van der Waals surface area contributed by atoms with E-state index in [1.807, 2.05) is 0 Å². The van der Waals surface area contributed by atoms with Crippen LogP contribution in [0.15, 0.2) is 42.5 Å². The molecule has 0 aliphatic carbocycles. The second kappa shape index (κ2) is 5.08. The number of nitrogens with one attached hydrogen (secondary N) is 1. The van der Waals surface area contributed by atoms with Gasteiger partial charge in [-0.15, -0.1) is 0 Å². The minimum Gasteiger partial charge on any atom is -0.384 e. The predicted octanol–water partition coefficient (Wildman–Crippen LogP) is 4.52. The van der Waals surface area contributed by atoms with Crippen LogP contribution in [0.25, 0.3) is 11.1 Å². The van der Waals surface area contributed by atoms with Gasteiger partial charge in [0.1, 0.15) is 0 Å². The molecule has 1 aliphatic rings. The van der Waals surface area contributed by atoms with Gasteiger partial charge in [-0.25, -0.2) is 0 Å². The molecule has 0 radical (unpaired) electrons. The van der Waals surface area contributed by atoms with Crippen LogP contribution in [0.4, 0.5) is 5.69 Å². The standard InChI is InChI=1S/C18H21N/c1-13(2)12-14-6-8-15(9-7-14)16-4-3-5-18-17(16)10-11-19-18/h3-9,13,19H,10-12H2,1-2H3. The van der Waals surface area contributed by atoms with E-state index in [1.165, 1.54) is 27.9 Å². The van der Waals surface area contributed by atoms with Crippen molar-refractivity contribution >= 4 is 5.69 Å². The molecule has 1 aliphatic heterocycles.